The maximum absolute atomic E-state index is 12.4. The number of esters is 1. The minimum Gasteiger partial charge on any atom is -0.508 e. The van der Waals surface area contributed by atoms with Crippen LogP contribution >= 0.6 is 0 Å². The molecule has 0 amide bonds. The van der Waals surface area contributed by atoms with E-state index in [2.05, 4.69) is 30.1 Å². The van der Waals surface area contributed by atoms with Crippen LogP contribution in [0.2, 0.25) is 0 Å². The number of methoxy groups -OCH3 is 1. The topological polar surface area (TPSA) is 79.2 Å². The number of benzene rings is 4. The molecule has 2 heterocycles. The maximum atomic E-state index is 12.4. The number of carbonyl (C=O) groups excluding carboxylic acids is 1. The van der Waals surface area contributed by atoms with E-state index >= 15 is 0 Å². The van der Waals surface area contributed by atoms with Gasteiger partial charge in [-0.15, -0.1) is 0 Å². The Morgan fingerprint density at radius 1 is 0.841 bits per heavy atom. The van der Waals surface area contributed by atoms with Gasteiger partial charge in [0.25, 0.3) is 0 Å². The Kier molecular flexibility index (Phi) is 7.13. The molecule has 3 atom stereocenters. The van der Waals surface area contributed by atoms with Gasteiger partial charge in [-0.3, -0.25) is 0 Å². The zero-order valence-corrected chi connectivity index (χ0v) is 25.3. The second-order valence-corrected chi connectivity index (χ2v) is 12.7. The van der Waals surface area contributed by atoms with Gasteiger partial charge in [0.05, 0.1) is 12.7 Å². The van der Waals surface area contributed by atoms with Crippen molar-refractivity contribution in [1.29, 1.82) is 0 Å². The second-order valence-electron chi connectivity index (χ2n) is 12.7. The fourth-order valence-corrected chi connectivity index (χ4v) is 8.51. The molecular formula is C38H39NO5. The van der Waals surface area contributed by atoms with Crippen LogP contribution in [0.15, 0.2) is 91.0 Å². The number of hydrogen-bond acceptors (Lipinski definition) is 6. The molecule has 6 nitrogen and oxygen atoms in total. The third-order valence-corrected chi connectivity index (χ3v) is 10.6. The number of aromatic hydroxyl groups is 2. The lowest BCUT2D eigenvalue weighted by atomic mass is 9.52. The molecule has 0 aromatic heterocycles. The summed E-state index contributed by atoms with van der Waals surface area (Å²) in [6.07, 6.45) is 8.22. The molecule has 4 aromatic rings. The van der Waals surface area contributed by atoms with Gasteiger partial charge in [-0.25, -0.2) is 4.79 Å². The normalized spacial score (nSPS) is 24.5. The number of hydrogen-bond donors (Lipinski definition) is 2. The molecule has 0 spiro atoms. The van der Waals surface area contributed by atoms with Crippen LogP contribution in [0.5, 0.6) is 17.2 Å². The molecular weight excluding hydrogens is 550 g/mol. The van der Waals surface area contributed by atoms with Crippen LogP contribution in [-0.2, 0) is 22.2 Å². The number of nitrogens with zero attached hydrogens (tertiary/aromatic N) is 1. The first-order chi connectivity index (χ1) is 21.4. The molecule has 4 aliphatic rings. The maximum Gasteiger partial charge on any atom is 0.340 e. The summed E-state index contributed by atoms with van der Waals surface area (Å²) in [7, 11) is 4.12. The summed E-state index contributed by atoms with van der Waals surface area (Å²) in [6.45, 7) is 1.26. The number of phenolic OH excluding ortho intramolecular Hbond substituents is 2. The van der Waals surface area contributed by atoms with Crippen molar-refractivity contribution in [1.82, 2.24) is 4.90 Å². The SMILES string of the molecule is COc1ccc2c(c1)[C@@]13CCCC[C@@H]1[C@@H](C2)N(C)CC3.O=C1OC(c2ccc(O)cc2)(c2ccc(O)cc2)c2ccccc21. The van der Waals surface area contributed by atoms with E-state index in [1.807, 2.05) is 12.1 Å². The Hall–Kier alpha value is -4.29. The highest BCUT2D eigenvalue weighted by Gasteiger charge is 2.53. The number of phenols is 2. The molecule has 8 rings (SSSR count). The van der Waals surface area contributed by atoms with Crippen molar-refractivity contribution >= 4 is 5.97 Å². The van der Waals surface area contributed by atoms with E-state index in [-0.39, 0.29) is 11.5 Å². The molecule has 1 saturated heterocycles. The number of likely N-dealkylation sites (N-methyl/N-ethyl adjacent to an activating group) is 1. The second kappa shape index (κ2) is 11.0. The van der Waals surface area contributed by atoms with Crippen molar-refractivity contribution in [3.63, 3.8) is 0 Å². The number of fused-ring (bicyclic) bond motifs is 2. The first-order valence-corrected chi connectivity index (χ1v) is 15.7. The molecule has 226 valence electrons. The molecule has 0 radical (unpaired) electrons. The van der Waals surface area contributed by atoms with Gasteiger partial charge in [0, 0.05) is 28.1 Å². The summed E-state index contributed by atoms with van der Waals surface area (Å²) in [4.78, 5) is 15.1. The molecule has 2 bridgehead atoms. The highest BCUT2D eigenvalue weighted by Crippen LogP contribution is 2.56. The molecule has 44 heavy (non-hydrogen) atoms. The van der Waals surface area contributed by atoms with Gasteiger partial charge in [-0.1, -0.05) is 61.4 Å². The molecule has 6 heteroatoms. The summed E-state index contributed by atoms with van der Waals surface area (Å²) in [5, 5.41) is 19.2. The van der Waals surface area contributed by atoms with Gasteiger partial charge in [0.2, 0.25) is 0 Å². The van der Waals surface area contributed by atoms with Crippen molar-refractivity contribution < 1.29 is 24.5 Å². The van der Waals surface area contributed by atoms with E-state index in [0.717, 1.165) is 34.4 Å². The lowest BCUT2D eigenvalue weighted by Gasteiger charge is -2.58. The Morgan fingerprint density at radius 3 is 2.20 bits per heavy atom. The van der Waals surface area contributed by atoms with E-state index < -0.39 is 11.6 Å². The number of likely N-dealkylation sites (tertiary alicyclic amines) is 1. The fraction of sp³-hybridized carbons (Fsp3) is 0.342. The summed E-state index contributed by atoms with van der Waals surface area (Å²) in [5.74, 6) is 1.79. The summed E-state index contributed by atoms with van der Waals surface area (Å²) in [6, 6.07) is 28.0. The van der Waals surface area contributed by atoms with E-state index in [0.29, 0.717) is 11.0 Å². The number of piperidine rings is 1. The largest absolute Gasteiger partial charge is 0.508 e. The highest BCUT2D eigenvalue weighted by atomic mass is 16.6. The molecule has 2 aliphatic heterocycles. The van der Waals surface area contributed by atoms with Crippen LogP contribution in [0, 0.1) is 5.92 Å². The van der Waals surface area contributed by atoms with Gasteiger partial charge >= 0.3 is 5.97 Å². The minimum atomic E-state index is -1.10. The lowest BCUT2D eigenvalue weighted by molar-refractivity contribution is 0.00274. The third kappa shape index (κ3) is 4.46. The zero-order valence-electron chi connectivity index (χ0n) is 25.3. The fourth-order valence-electron chi connectivity index (χ4n) is 8.51. The lowest BCUT2D eigenvalue weighted by Crippen LogP contribution is -2.59. The predicted octanol–water partition coefficient (Wildman–Crippen LogP) is 6.94. The Morgan fingerprint density at radius 2 is 1.52 bits per heavy atom. The molecule has 4 aromatic carbocycles. The van der Waals surface area contributed by atoms with Gasteiger partial charge in [-0.2, -0.15) is 0 Å². The third-order valence-electron chi connectivity index (χ3n) is 10.6. The van der Waals surface area contributed by atoms with Crippen molar-refractivity contribution in [2.45, 2.75) is 55.6 Å². The number of ether oxygens (including phenoxy) is 2. The van der Waals surface area contributed by atoms with Crippen LogP contribution in [0.4, 0.5) is 0 Å². The van der Waals surface area contributed by atoms with Crippen molar-refractivity contribution in [2.24, 2.45) is 5.92 Å². The Labute approximate surface area is 258 Å². The standard InChI is InChI=1S/C20H14O4.C18H25NO/c21-15-9-5-13(6-10-15)20(14-7-11-16(22)12-8-14)18-4-2-1-3-17(18)19(23)24-20;1-19-10-9-18-8-4-3-5-15(18)17(19)11-13-6-7-14(20-2)12-16(13)18/h1-12,21-22H;6-7,12,15,17H,3-5,8-11H2,1-2H3/t;15-,17-,18-/m.1/s1. The first kappa shape index (κ1) is 28.5. The van der Waals surface area contributed by atoms with Crippen LogP contribution in [0.25, 0.3) is 0 Å². The van der Waals surface area contributed by atoms with E-state index in [9.17, 15) is 15.0 Å². The van der Waals surface area contributed by atoms with Crippen molar-refractivity contribution in [3.8, 4) is 17.2 Å². The monoisotopic (exact) mass is 589 g/mol. The van der Waals surface area contributed by atoms with Crippen molar-refractivity contribution in [3.05, 3.63) is 124 Å². The average molecular weight is 590 g/mol. The van der Waals surface area contributed by atoms with Gasteiger partial charge in [0.15, 0.2) is 5.60 Å². The molecule has 1 saturated carbocycles. The summed E-state index contributed by atoms with van der Waals surface area (Å²) in [5.41, 5.74) is 5.28. The zero-order chi connectivity index (χ0) is 30.5. The number of carbonyl (C=O) groups is 1. The molecule has 2 aliphatic carbocycles. The van der Waals surface area contributed by atoms with Gasteiger partial charge in [0.1, 0.15) is 17.2 Å². The Bertz CT molecular complexity index is 1640. The van der Waals surface area contributed by atoms with E-state index in [1.165, 1.54) is 45.1 Å². The van der Waals surface area contributed by atoms with Crippen LogP contribution < -0.4 is 4.74 Å². The summed E-state index contributed by atoms with van der Waals surface area (Å²) >= 11 is 0. The average Bonchev–Trinajstić information content (AvgIpc) is 3.36. The van der Waals surface area contributed by atoms with Crippen molar-refractivity contribution in [2.75, 3.05) is 20.7 Å². The molecule has 2 N–H and O–H groups in total. The predicted molar refractivity (Wildman–Crippen MR) is 169 cm³/mol. The van der Waals surface area contributed by atoms with E-state index in [4.69, 9.17) is 9.47 Å². The smallest absolute Gasteiger partial charge is 0.340 e. The number of cyclic esters (lactones) is 1. The van der Waals surface area contributed by atoms with E-state index in [1.54, 1.807) is 78.9 Å². The van der Waals surface area contributed by atoms with Gasteiger partial charge in [-0.05, 0) is 98.8 Å². The quantitative estimate of drug-likeness (QED) is 0.252. The number of rotatable bonds is 3. The molecule has 0 unspecified atom stereocenters. The van der Waals surface area contributed by atoms with Gasteiger partial charge < -0.3 is 24.6 Å². The minimum absolute atomic E-state index is 0.136. The van der Waals surface area contributed by atoms with Crippen LogP contribution in [-0.4, -0.2) is 47.8 Å². The summed E-state index contributed by atoms with van der Waals surface area (Å²) < 4.78 is 11.4. The Balaban J connectivity index is 0.000000144. The van der Waals surface area contributed by atoms with Crippen LogP contribution in [0.3, 0.4) is 0 Å². The first-order valence-electron chi connectivity index (χ1n) is 15.7. The molecule has 2 fully saturated rings. The highest BCUT2D eigenvalue weighted by molar-refractivity contribution is 5.96. The van der Waals surface area contributed by atoms with Crippen LogP contribution in [0.1, 0.15) is 70.3 Å².